The standard InChI is InChI=1S/C11H8N4O3/c1-14-7-9(6-13-14)18-11-3-2-8(5-12)4-10(11)15(16)17/h2-4,6-7H,1H3. The normalized spacial score (nSPS) is 9.78. The minimum Gasteiger partial charge on any atom is -0.447 e. The molecule has 0 saturated heterocycles. The average molecular weight is 244 g/mol. The van der Waals surface area contributed by atoms with Crippen LogP contribution in [-0.4, -0.2) is 14.7 Å². The number of nitro groups is 1. The van der Waals surface area contributed by atoms with E-state index in [0.717, 1.165) is 0 Å². The molecule has 0 saturated carbocycles. The van der Waals surface area contributed by atoms with Crippen molar-refractivity contribution >= 4 is 5.69 Å². The van der Waals surface area contributed by atoms with Crippen LogP contribution in [0.2, 0.25) is 0 Å². The molecular weight excluding hydrogens is 236 g/mol. The quantitative estimate of drug-likeness (QED) is 0.607. The molecule has 0 aliphatic heterocycles. The first-order valence-corrected chi connectivity index (χ1v) is 4.95. The third kappa shape index (κ3) is 2.27. The summed E-state index contributed by atoms with van der Waals surface area (Å²) in [6.07, 6.45) is 3.03. The van der Waals surface area contributed by atoms with Gasteiger partial charge in [-0.1, -0.05) is 0 Å². The topological polar surface area (TPSA) is 94.0 Å². The van der Waals surface area contributed by atoms with Crippen molar-refractivity contribution in [1.29, 1.82) is 5.26 Å². The summed E-state index contributed by atoms with van der Waals surface area (Å²) in [6.45, 7) is 0. The Morgan fingerprint density at radius 1 is 1.56 bits per heavy atom. The number of hydrogen-bond donors (Lipinski definition) is 0. The van der Waals surface area contributed by atoms with E-state index in [1.54, 1.807) is 13.2 Å². The van der Waals surface area contributed by atoms with Crippen LogP contribution in [0.3, 0.4) is 0 Å². The van der Waals surface area contributed by atoms with Crippen LogP contribution in [0.4, 0.5) is 5.69 Å². The lowest BCUT2D eigenvalue weighted by Crippen LogP contribution is -1.94. The number of aryl methyl sites for hydroxylation is 1. The van der Waals surface area contributed by atoms with Crippen LogP contribution in [0.25, 0.3) is 0 Å². The van der Waals surface area contributed by atoms with Crippen molar-refractivity contribution in [3.8, 4) is 17.6 Å². The molecule has 0 spiro atoms. The SMILES string of the molecule is Cn1cc(Oc2ccc(C#N)cc2[N+](=O)[O-])cn1. The smallest absolute Gasteiger partial charge is 0.312 e. The lowest BCUT2D eigenvalue weighted by molar-refractivity contribution is -0.385. The summed E-state index contributed by atoms with van der Waals surface area (Å²) >= 11 is 0. The fraction of sp³-hybridized carbons (Fsp3) is 0.0909. The zero-order valence-corrected chi connectivity index (χ0v) is 9.40. The molecule has 2 aromatic rings. The molecule has 90 valence electrons. The van der Waals surface area contributed by atoms with Crippen LogP contribution < -0.4 is 4.74 Å². The van der Waals surface area contributed by atoms with E-state index in [1.807, 2.05) is 6.07 Å². The zero-order valence-electron chi connectivity index (χ0n) is 9.40. The van der Waals surface area contributed by atoms with Crippen molar-refractivity contribution in [1.82, 2.24) is 9.78 Å². The van der Waals surface area contributed by atoms with E-state index < -0.39 is 4.92 Å². The Bertz CT molecular complexity index is 642. The molecule has 0 aliphatic rings. The highest BCUT2D eigenvalue weighted by atomic mass is 16.6. The Hall–Kier alpha value is -2.88. The molecule has 0 amide bonds. The maximum Gasteiger partial charge on any atom is 0.312 e. The van der Waals surface area contributed by atoms with Gasteiger partial charge in [0.2, 0.25) is 5.75 Å². The molecule has 0 radical (unpaired) electrons. The fourth-order valence-electron chi connectivity index (χ4n) is 1.39. The number of ether oxygens (including phenoxy) is 1. The number of nitrogens with zero attached hydrogens (tertiary/aromatic N) is 4. The first kappa shape index (κ1) is 11.6. The summed E-state index contributed by atoms with van der Waals surface area (Å²) in [6, 6.07) is 5.86. The Balaban J connectivity index is 2.38. The largest absolute Gasteiger partial charge is 0.447 e. The second-order valence-corrected chi connectivity index (χ2v) is 3.50. The van der Waals surface area contributed by atoms with Gasteiger partial charge in [0.05, 0.1) is 28.9 Å². The second kappa shape index (κ2) is 4.55. The minimum atomic E-state index is -0.591. The van der Waals surface area contributed by atoms with Gasteiger partial charge >= 0.3 is 5.69 Å². The predicted molar refractivity (Wildman–Crippen MR) is 61.1 cm³/mol. The number of benzene rings is 1. The van der Waals surface area contributed by atoms with Crippen LogP contribution in [0.15, 0.2) is 30.6 Å². The molecule has 18 heavy (non-hydrogen) atoms. The maximum absolute atomic E-state index is 10.9. The highest BCUT2D eigenvalue weighted by Crippen LogP contribution is 2.31. The Kier molecular flexibility index (Phi) is 2.93. The summed E-state index contributed by atoms with van der Waals surface area (Å²) < 4.78 is 6.88. The van der Waals surface area contributed by atoms with Gasteiger partial charge in [0.25, 0.3) is 0 Å². The second-order valence-electron chi connectivity index (χ2n) is 3.50. The summed E-state index contributed by atoms with van der Waals surface area (Å²) in [5.74, 6) is 0.470. The van der Waals surface area contributed by atoms with E-state index >= 15 is 0 Å². The molecule has 1 heterocycles. The molecule has 0 unspecified atom stereocenters. The van der Waals surface area contributed by atoms with E-state index in [0.29, 0.717) is 5.75 Å². The number of rotatable bonds is 3. The Morgan fingerprint density at radius 3 is 2.89 bits per heavy atom. The van der Waals surface area contributed by atoms with E-state index in [2.05, 4.69) is 5.10 Å². The Labute approximate surface area is 102 Å². The van der Waals surface area contributed by atoms with Gasteiger partial charge in [-0.25, -0.2) is 0 Å². The van der Waals surface area contributed by atoms with E-state index in [9.17, 15) is 10.1 Å². The third-order valence-electron chi connectivity index (χ3n) is 2.19. The van der Waals surface area contributed by atoms with E-state index in [1.165, 1.54) is 29.1 Å². The van der Waals surface area contributed by atoms with Crippen molar-refractivity contribution in [3.63, 3.8) is 0 Å². The van der Waals surface area contributed by atoms with Gasteiger partial charge in [0.1, 0.15) is 0 Å². The average Bonchev–Trinajstić information content (AvgIpc) is 2.75. The minimum absolute atomic E-state index is 0.0759. The van der Waals surface area contributed by atoms with Gasteiger partial charge in [-0.05, 0) is 12.1 Å². The third-order valence-corrected chi connectivity index (χ3v) is 2.19. The molecule has 0 atom stereocenters. The monoisotopic (exact) mass is 244 g/mol. The van der Waals surface area contributed by atoms with Crippen molar-refractivity contribution in [2.24, 2.45) is 7.05 Å². The van der Waals surface area contributed by atoms with E-state index in [-0.39, 0.29) is 17.0 Å². The van der Waals surface area contributed by atoms with Crippen molar-refractivity contribution < 1.29 is 9.66 Å². The molecular formula is C11H8N4O3. The Morgan fingerprint density at radius 2 is 2.33 bits per heavy atom. The lowest BCUT2D eigenvalue weighted by atomic mass is 10.2. The molecule has 2 rings (SSSR count). The molecule has 7 heteroatoms. The number of hydrogen-bond acceptors (Lipinski definition) is 5. The van der Waals surface area contributed by atoms with Crippen molar-refractivity contribution in [3.05, 3.63) is 46.3 Å². The van der Waals surface area contributed by atoms with Crippen LogP contribution >= 0.6 is 0 Å². The predicted octanol–water partition coefficient (Wildman–Crippen LogP) is 1.99. The van der Waals surface area contributed by atoms with Crippen LogP contribution in [0, 0.1) is 21.4 Å². The van der Waals surface area contributed by atoms with Gasteiger partial charge in [-0.2, -0.15) is 10.4 Å². The molecule has 0 aliphatic carbocycles. The first-order valence-electron chi connectivity index (χ1n) is 4.95. The number of nitro benzene ring substituents is 1. The van der Waals surface area contributed by atoms with Gasteiger partial charge < -0.3 is 4.74 Å². The summed E-state index contributed by atoms with van der Waals surface area (Å²) in [5, 5.41) is 23.5. The summed E-state index contributed by atoms with van der Waals surface area (Å²) in [7, 11) is 1.71. The lowest BCUT2D eigenvalue weighted by Gasteiger charge is -2.03. The van der Waals surface area contributed by atoms with Gasteiger partial charge in [0.15, 0.2) is 5.75 Å². The fourth-order valence-corrected chi connectivity index (χ4v) is 1.39. The molecule has 1 aromatic carbocycles. The highest BCUT2D eigenvalue weighted by Gasteiger charge is 2.17. The first-order chi connectivity index (χ1) is 8.60. The molecule has 7 nitrogen and oxygen atoms in total. The van der Waals surface area contributed by atoms with Gasteiger partial charge in [-0.3, -0.25) is 14.8 Å². The zero-order chi connectivity index (χ0) is 13.1. The van der Waals surface area contributed by atoms with Gasteiger partial charge in [0, 0.05) is 13.1 Å². The van der Waals surface area contributed by atoms with Gasteiger partial charge in [-0.15, -0.1) is 0 Å². The maximum atomic E-state index is 10.9. The van der Waals surface area contributed by atoms with Crippen LogP contribution in [0.1, 0.15) is 5.56 Å². The molecule has 0 fully saturated rings. The number of nitriles is 1. The van der Waals surface area contributed by atoms with Crippen molar-refractivity contribution in [2.75, 3.05) is 0 Å². The highest BCUT2D eigenvalue weighted by molar-refractivity contribution is 5.52. The molecule has 0 bridgehead atoms. The van der Waals surface area contributed by atoms with E-state index in [4.69, 9.17) is 10.00 Å². The summed E-state index contributed by atoms with van der Waals surface area (Å²) in [5.41, 5.74) is -0.0434. The summed E-state index contributed by atoms with van der Waals surface area (Å²) in [4.78, 5) is 10.3. The molecule has 0 N–H and O–H groups in total. The van der Waals surface area contributed by atoms with Crippen molar-refractivity contribution in [2.45, 2.75) is 0 Å². The molecule has 1 aromatic heterocycles. The van der Waals surface area contributed by atoms with Crippen LogP contribution in [-0.2, 0) is 7.05 Å². The van der Waals surface area contributed by atoms with Crippen LogP contribution in [0.5, 0.6) is 11.5 Å². The number of aromatic nitrogens is 2.